The maximum Gasteiger partial charge on any atom is 0.272 e. The zero-order chi connectivity index (χ0) is 12.8. The zero-order valence-corrected chi connectivity index (χ0v) is 9.45. The molecule has 0 atom stereocenters. The molecule has 0 saturated heterocycles. The number of hydrogen-bond donors (Lipinski definition) is 2. The molecule has 2 rings (SSSR count). The minimum Gasteiger partial charge on any atom is -0.507 e. The maximum absolute atomic E-state index is 11.6. The number of para-hydroxylation sites is 1. The van der Waals surface area contributed by atoms with Crippen LogP contribution in [0, 0.1) is 0 Å². The number of pyridine rings is 1. The quantitative estimate of drug-likeness (QED) is 0.632. The minimum atomic E-state index is -0.352. The summed E-state index contributed by atoms with van der Waals surface area (Å²) < 4.78 is 0. The number of rotatable bonds is 3. The van der Waals surface area contributed by atoms with E-state index in [1.54, 1.807) is 42.6 Å². The second-order valence-corrected chi connectivity index (χ2v) is 3.50. The monoisotopic (exact) mass is 241 g/mol. The zero-order valence-electron chi connectivity index (χ0n) is 9.45. The molecular weight excluding hydrogens is 230 g/mol. The van der Waals surface area contributed by atoms with E-state index >= 15 is 0 Å². The number of benzene rings is 1. The van der Waals surface area contributed by atoms with Crippen LogP contribution in [-0.2, 0) is 0 Å². The first kappa shape index (κ1) is 11.8. The Balaban J connectivity index is 2.00. The van der Waals surface area contributed by atoms with E-state index < -0.39 is 0 Å². The molecule has 1 amide bonds. The molecule has 0 aliphatic carbocycles. The number of carbonyl (C=O) groups excluding carboxylic acids is 1. The molecule has 2 aromatic rings. The van der Waals surface area contributed by atoms with Crippen LogP contribution in [0.25, 0.3) is 0 Å². The van der Waals surface area contributed by atoms with Gasteiger partial charge in [-0.1, -0.05) is 12.1 Å². The highest BCUT2D eigenvalue weighted by Gasteiger charge is 2.02. The number of phenolic OH excluding ortho intramolecular Hbond substituents is 1. The van der Waals surface area contributed by atoms with Gasteiger partial charge in [0.1, 0.15) is 5.75 Å². The number of nitrogens with zero attached hydrogens (tertiary/aromatic N) is 2. The SMILES string of the molecule is O=C(N/N=C\c1ccccc1O)c1cccnc1. The predicted octanol–water partition coefficient (Wildman–Crippen LogP) is 1.55. The van der Waals surface area contributed by atoms with Gasteiger partial charge in [0, 0.05) is 18.0 Å². The maximum atomic E-state index is 11.6. The molecule has 0 spiro atoms. The number of amides is 1. The van der Waals surface area contributed by atoms with Gasteiger partial charge in [0.05, 0.1) is 11.8 Å². The lowest BCUT2D eigenvalue weighted by molar-refractivity contribution is 0.0954. The Morgan fingerprint density at radius 1 is 1.28 bits per heavy atom. The summed E-state index contributed by atoms with van der Waals surface area (Å²) in [4.78, 5) is 15.4. The van der Waals surface area contributed by atoms with Crippen molar-refractivity contribution in [2.75, 3.05) is 0 Å². The van der Waals surface area contributed by atoms with Crippen molar-refractivity contribution in [2.45, 2.75) is 0 Å². The average molecular weight is 241 g/mol. The van der Waals surface area contributed by atoms with Crippen molar-refractivity contribution >= 4 is 12.1 Å². The van der Waals surface area contributed by atoms with Gasteiger partial charge >= 0.3 is 0 Å². The number of hydrazone groups is 1. The molecule has 0 aliphatic rings. The Hall–Kier alpha value is -2.69. The molecule has 1 aromatic carbocycles. The van der Waals surface area contributed by atoms with Crippen molar-refractivity contribution in [1.82, 2.24) is 10.4 Å². The lowest BCUT2D eigenvalue weighted by Crippen LogP contribution is -2.17. The number of phenols is 1. The molecule has 0 fully saturated rings. The van der Waals surface area contributed by atoms with E-state index in [2.05, 4.69) is 15.5 Å². The molecular formula is C13H11N3O2. The molecule has 18 heavy (non-hydrogen) atoms. The van der Waals surface area contributed by atoms with Crippen LogP contribution in [0.15, 0.2) is 53.9 Å². The highest BCUT2D eigenvalue weighted by atomic mass is 16.3. The van der Waals surface area contributed by atoms with Gasteiger partial charge in [-0.15, -0.1) is 0 Å². The fraction of sp³-hybridized carbons (Fsp3) is 0. The second kappa shape index (κ2) is 5.58. The molecule has 2 N–H and O–H groups in total. The number of aromatic nitrogens is 1. The summed E-state index contributed by atoms with van der Waals surface area (Å²) in [5, 5.41) is 13.2. The van der Waals surface area contributed by atoms with Gasteiger partial charge < -0.3 is 5.11 Å². The van der Waals surface area contributed by atoms with Gasteiger partial charge in [-0.05, 0) is 24.3 Å². The van der Waals surface area contributed by atoms with Gasteiger partial charge in [-0.25, -0.2) is 5.43 Å². The Kier molecular flexibility index (Phi) is 3.66. The molecule has 90 valence electrons. The van der Waals surface area contributed by atoms with Crippen molar-refractivity contribution in [3.8, 4) is 5.75 Å². The fourth-order valence-corrected chi connectivity index (χ4v) is 1.32. The van der Waals surface area contributed by atoms with Gasteiger partial charge in [0.2, 0.25) is 0 Å². The summed E-state index contributed by atoms with van der Waals surface area (Å²) in [6.45, 7) is 0. The van der Waals surface area contributed by atoms with Crippen LogP contribution in [0.3, 0.4) is 0 Å². The van der Waals surface area contributed by atoms with E-state index in [4.69, 9.17) is 0 Å². The lowest BCUT2D eigenvalue weighted by atomic mass is 10.2. The summed E-state index contributed by atoms with van der Waals surface area (Å²) in [5.41, 5.74) is 3.31. The molecule has 5 nitrogen and oxygen atoms in total. The van der Waals surface area contributed by atoms with Crippen LogP contribution < -0.4 is 5.43 Å². The Bertz CT molecular complexity index is 567. The topological polar surface area (TPSA) is 74.6 Å². The van der Waals surface area contributed by atoms with Crippen molar-refractivity contribution in [3.63, 3.8) is 0 Å². The highest BCUT2D eigenvalue weighted by Crippen LogP contribution is 2.12. The van der Waals surface area contributed by atoms with E-state index in [9.17, 15) is 9.90 Å². The van der Waals surface area contributed by atoms with Gasteiger partial charge in [0.15, 0.2) is 0 Å². The van der Waals surface area contributed by atoms with Crippen LogP contribution >= 0.6 is 0 Å². The lowest BCUT2D eigenvalue weighted by Gasteiger charge is -1.99. The number of aromatic hydroxyl groups is 1. The smallest absolute Gasteiger partial charge is 0.272 e. The third-order valence-electron chi connectivity index (χ3n) is 2.23. The number of carbonyl (C=O) groups is 1. The molecule has 0 radical (unpaired) electrons. The molecule has 1 heterocycles. The van der Waals surface area contributed by atoms with Crippen molar-refractivity contribution < 1.29 is 9.90 Å². The average Bonchev–Trinajstić information content (AvgIpc) is 2.42. The van der Waals surface area contributed by atoms with E-state index in [1.165, 1.54) is 12.4 Å². The Morgan fingerprint density at radius 2 is 2.11 bits per heavy atom. The van der Waals surface area contributed by atoms with E-state index in [-0.39, 0.29) is 11.7 Å². The Morgan fingerprint density at radius 3 is 2.83 bits per heavy atom. The fourth-order valence-electron chi connectivity index (χ4n) is 1.32. The Labute approximate surface area is 104 Å². The third-order valence-corrected chi connectivity index (χ3v) is 2.23. The highest BCUT2D eigenvalue weighted by molar-refractivity contribution is 5.94. The van der Waals surface area contributed by atoms with Crippen LogP contribution in [0.4, 0.5) is 0 Å². The summed E-state index contributed by atoms with van der Waals surface area (Å²) in [5.74, 6) is -0.244. The predicted molar refractivity (Wildman–Crippen MR) is 67.4 cm³/mol. The minimum absolute atomic E-state index is 0.108. The molecule has 5 heteroatoms. The van der Waals surface area contributed by atoms with Gasteiger partial charge in [-0.3, -0.25) is 9.78 Å². The molecule has 0 saturated carbocycles. The summed E-state index contributed by atoms with van der Waals surface area (Å²) in [6.07, 6.45) is 4.41. The summed E-state index contributed by atoms with van der Waals surface area (Å²) in [6, 6.07) is 10.0. The third kappa shape index (κ3) is 2.91. The van der Waals surface area contributed by atoms with Gasteiger partial charge in [-0.2, -0.15) is 5.10 Å². The van der Waals surface area contributed by atoms with Crippen LogP contribution in [-0.4, -0.2) is 22.2 Å². The normalized spacial score (nSPS) is 10.4. The van der Waals surface area contributed by atoms with Gasteiger partial charge in [0.25, 0.3) is 5.91 Å². The largest absolute Gasteiger partial charge is 0.507 e. The van der Waals surface area contributed by atoms with Crippen molar-refractivity contribution in [1.29, 1.82) is 0 Å². The number of nitrogens with one attached hydrogen (secondary N) is 1. The second-order valence-electron chi connectivity index (χ2n) is 3.50. The van der Waals surface area contributed by atoms with Crippen LogP contribution in [0.1, 0.15) is 15.9 Å². The first-order valence-corrected chi connectivity index (χ1v) is 5.29. The van der Waals surface area contributed by atoms with Crippen molar-refractivity contribution in [2.24, 2.45) is 5.10 Å². The van der Waals surface area contributed by atoms with E-state index in [1.807, 2.05) is 0 Å². The molecule has 1 aromatic heterocycles. The van der Waals surface area contributed by atoms with Crippen LogP contribution in [0.2, 0.25) is 0 Å². The molecule has 0 aliphatic heterocycles. The molecule has 0 unspecified atom stereocenters. The van der Waals surface area contributed by atoms with E-state index in [0.29, 0.717) is 11.1 Å². The summed E-state index contributed by atoms with van der Waals surface area (Å²) >= 11 is 0. The van der Waals surface area contributed by atoms with Crippen molar-refractivity contribution in [3.05, 3.63) is 59.9 Å². The first-order chi connectivity index (χ1) is 8.77. The summed E-state index contributed by atoms with van der Waals surface area (Å²) in [7, 11) is 0. The standard InChI is InChI=1S/C13H11N3O2/c17-12-6-2-1-4-10(12)9-15-16-13(18)11-5-3-7-14-8-11/h1-9,17H,(H,16,18)/b15-9-. The molecule has 0 bridgehead atoms. The van der Waals surface area contributed by atoms with Crippen LogP contribution in [0.5, 0.6) is 5.75 Å². The van der Waals surface area contributed by atoms with E-state index in [0.717, 1.165) is 0 Å². The number of hydrogen-bond acceptors (Lipinski definition) is 4. The first-order valence-electron chi connectivity index (χ1n) is 5.29.